The van der Waals surface area contributed by atoms with Crippen LogP contribution in [0.25, 0.3) is 32.2 Å². The second-order valence-electron chi connectivity index (χ2n) is 13.0. The Hall–Kier alpha value is -4.12. The van der Waals surface area contributed by atoms with Gasteiger partial charge in [0.15, 0.2) is 0 Å². The van der Waals surface area contributed by atoms with Crippen molar-refractivity contribution in [2.75, 3.05) is 43.4 Å². The van der Waals surface area contributed by atoms with E-state index in [2.05, 4.69) is 29.4 Å². The van der Waals surface area contributed by atoms with Crippen molar-refractivity contribution in [1.29, 1.82) is 5.26 Å². The van der Waals surface area contributed by atoms with Crippen molar-refractivity contribution >= 4 is 60.7 Å². The van der Waals surface area contributed by atoms with Crippen molar-refractivity contribution < 1.29 is 18.3 Å². The third-order valence-electron chi connectivity index (χ3n) is 10.5. The molecule has 2 unspecified atom stereocenters. The first-order valence-electron chi connectivity index (χ1n) is 16.6. The van der Waals surface area contributed by atoms with E-state index < -0.39 is 17.5 Å². The molecule has 2 N–H and O–H groups in total. The fourth-order valence-corrected chi connectivity index (χ4v) is 9.51. The summed E-state index contributed by atoms with van der Waals surface area (Å²) in [4.78, 5) is 33.5. The highest BCUT2D eigenvalue weighted by Crippen LogP contribution is 2.45. The summed E-state index contributed by atoms with van der Waals surface area (Å²) in [5.74, 6) is -0.0607. The first kappa shape index (κ1) is 33.4. The maximum absolute atomic E-state index is 14.9. The van der Waals surface area contributed by atoms with Gasteiger partial charge >= 0.3 is 6.01 Å². The third-order valence-corrected chi connectivity index (χ3v) is 11.8. The standard InChI is InChI=1S/C35H37ClF2N8O2S/c1-4-24-25(10-13-46(24)26(47)5-2)45(6-3)33-22-16-41-29(20-8-9-23(38)31-27(20)21(15-39)32(40)49-31)28(36)30(22)42-34(43-33)48-18-35-11-7-12-44(35)17-19(37)14-35/h5,8-9,16,19,24-25H,2,4,6-7,10-14,17-18,40H2,1,3H3/t19-,24?,25?,35+/m1/s1. The highest BCUT2D eigenvalue weighted by atomic mass is 35.5. The number of anilines is 2. The van der Waals surface area contributed by atoms with Gasteiger partial charge in [-0.3, -0.25) is 14.7 Å². The second-order valence-corrected chi connectivity index (χ2v) is 14.4. The highest BCUT2D eigenvalue weighted by Gasteiger charge is 2.49. The number of alkyl halides is 1. The van der Waals surface area contributed by atoms with Crippen LogP contribution in [0, 0.1) is 17.1 Å². The quantitative estimate of drug-likeness (QED) is 0.194. The maximum atomic E-state index is 14.9. The molecule has 10 nitrogen and oxygen atoms in total. The molecule has 14 heteroatoms. The van der Waals surface area contributed by atoms with E-state index in [1.165, 1.54) is 12.1 Å². The minimum atomic E-state index is -0.915. The number of ether oxygens (including phenoxy) is 1. The number of nitriles is 1. The Morgan fingerprint density at radius 1 is 1.35 bits per heavy atom. The Morgan fingerprint density at radius 2 is 2.16 bits per heavy atom. The minimum absolute atomic E-state index is 0.0713. The Balaban J connectivity index is 1.38. The van der Waals surface area contributed by atoms with E-state index in [0.717, 1.165) is 37.1 Å². The number of aromatic nitrogens is 3. The number of nitrogens with two attached hydrogens (primary N) is 1. The van der Waals surface area contributed by atoms with Crippen molar-refractivity contribution in [1.82, 2.24) is 24.8 Å². The summed E-state index contributed by atoms with van der Waals surface area (Å²) in [6.07, 6.45) is 5.69. The zero-order chi connectivity index (χ0) is 34.6. The number of amides is 1. The molecular formula is C35H37ClF2N8O2S. The maximum Gasteiger partial charge on any atom is 0.319 e. The predicted octanol–water partition coefficient (Wildman–Crippen LogP) is 6.50. The van der Waals surface area contributed by atoms with E-state index in [1.54, 1.807) is 12.3 Å². The van der Waals surface area contributed by atoms with Crippen molar-refractivity contribution in [2.45, 2.75) is 69.7 Å². The van der Waals surface area contributed by atoms with E-state index in [1.807, 2.05) is 11.8 Å². The van der Waals surface area contributed by atoms with Crippen LogP contribution >= 0.6 is 22.9 Å². The fraction of sp³-hybridized carbons (Fsp3) is 0.457. The van der Waals surface area contributed by atoms with Gasteiger partial charge in [-0.1, -0.05) is 25.1 Å². The Labute approximate surface area is 292 Å². The lowest BCUT2D eigenvalue weighted by atomic mass is 9.95. The molecule has 0 aliphatic carbocycles. The molecule has 4 atom stereocenters. The number of carbonyl (C=O) groups excluding carboxylic acids is 1. The van der Waals surface area contributed by atoms with Gasteiger partial charge in [0.2, 0.25) is 5.91 Å². The van der Waals surface area contributed by atoms with Gasteiger partial charge in [0.1, 0.15) is 41.0 Å². The minimum Gasteiger partial charge on any atom is -0.461 e. The van der Waals surface area contributed by atoms with E-state index in [-0.39, 0.29) is 50.9 Å². The number of pyridine rings is 1. The van der Waals surface area contributed by atoms with Crippen LogP contribution in [0.2, 0.25) is 5.02 Å². The predicted molar refractivity (Wildman–Crippen MR) is 188 cm³/mol. The normalized spacial score (nSPS) is 23.7. The summed E-state index contributed by atoms with van der Waals surface area (Å²) < 4.78 is 36.2. The first-order chi connectivity index (χ1) is 23.6. The van der Waals surface area contributed by atoms with Crippen LogP contribution in [0.3, 0.4) is 0 Å². The van der Waals surface area contributed by atoms with Crippen LogP contribution in [-0.4, -0.2) is 87.2 Å². The zero-order valence-electron chi connectivity index (χ0n) is 27.4. The van der Waals surface area contributed by atoms with E-state index in [0.29, 0.717) is 65.8 Å². The summed E-state index contributed by atoms with van der Waals surface area (Å²) in [5, 5.41) is 11.2. The average molecular weight is 707 g/mol. The Kier molecular flexibility index (Phi) is 8.83. The van der Waals surface area contributed by atoms with Gasteiger partial charge in [0, 0.05) is 43.2 Å². The van der Waals surface area contributed by atoms with Crippen molar-refractivity contribution in [2.24, 2.45) is 0 Å². The molecule has 0 saturated carbocycles. The lowest BCUT2D eigenvalue weighted by Gasteiger charge is -2.35. The van der Waals surface area contributed by atoms with Crippen molar-refractivity contribution in [3.05, 3.63) is 47.4 Å². The number of likely N-dealkylation sites (N-methyl/N-ethyl adjacent to an activating group) is 1. The summed E-state index contributed by atoms with van der Waals surface area (Å²) in [7, 11) is 0. The fourth-order valence-electron chi connectivity index (χ4n) is 8.26. The monoisotopic (exact) mass is 706 g/mol. The second kappa shape index (κ2) is 13.0. The largest absolute Gasteiger partial charge is 0.461 e. The molecule has 0 bridgehead atoms. The number of halogens is 3. The molecule has 6 heterocycles. The summed E-state index contributed by atoms with van der Waals surface area (Å²) in [5.41, 5.74) is 6.97. The number of rotatable bonds is 9. The smallest absolute Gasteiger partial charge is 0.319 e. The number of thiophene rings is 1. The number of nitrogens with zero attached hydrogens (tertiary/aromatic N) is 7. The molecule has 3 aliphatic rings. The molecule has 0 spiro atoms. The molecule has 3 saturated heterocycles. The Morgan fingerprint density at radius 3 is 2.90 bits per heavy atom. The van der Waals surface area contributed by atoms with Gasteiger partial charge in [-0.2, -0.15) is 15.2 Å². The van der Waals surface area contributed by atoms with Crippen LogP contribution in [0.15, 0.2) is 31.0 Å². The number of hydrogen-bond donors (Lipinski definition) is 1. The number of fused-ring (bicyclic) bond motifs is 3. The molecule has 49 heavy (non-hydrogen) atoms. The number of likely N-dealkylation sites (tertiary alicyclic amines) is 1. The highest BCUT2D eigenvalue weighted by molar-refractivity contribution is 7.23. The van der Waals surface area contributed by atoms with Gasteiger partial charge in [-0.15, -0.1) is 11.3 Å². The summed E-state index contributed by atoms with van der Waals surface area (Å²) in [6, 6.07) is 4.89. The van der Waals surface area contributed by atoms with Gasteiger partial charge in [-0.05, 0) is 57.4 Å². The molecule has 3 fully saturated rings. The number of hydrogen-bond acceptors (Lipinski definition) is 10. The van der Waals surface area contributed by atoms with Gasteiger partial charge < -0.3 is 20.3 Å². The summed E-state index contributed by atoms with van der Waals surface area (Å²) >= 11 is 8.19. The van der Waals surface area contributed by atoms with E-state index >= 15 is 0 Å². The van der Waals surface area contributed by atoms with E-state index in [4.69, 9.17) is 37.0 Å². The molecule has 256 valence electrons. The molecular weight excluding hydrogens is 670 g/mol. The topological polar surface area (TPSA) is 125 Å². The molecule has 3 aromatic heterocycles. The Bertz CT molecular complexity index is 2020. The number of carbonyl (C=O) groups is 1. The van der Waals surface area contributed by atoms with Crippen LogP contribution < -0.4 is 15.4 Å². The molecule has 7 rings (SSSR count). The molecule has 3 aliphatic heterocycles. The molecule has 1 amide bonds. The average Bonchev–Trinajstić information content (AvgIpc) is 3.85. The number of nitrogen functional groups attached to an aromatic ring is 1. The van der Waals surface area contributed by atoms with Gasteiger partial charge in [0.25, 0.3) is 0 Å². The molecule has 1 aromatic carbocycles. The van der Waals surface area contributed by atoms with Crippen LogP contribution in [0.4, 0.5) is 19.6 Å². The number of benzene rings is 1. The summed E-state index contributed by atoms with van der Waals surface area (Å²) in [6.45, 7) is 10.3. The lowest BCUT2D eigenvalue weighted by molar-refractivity contribution is -0.126. The zero-order valence-corrected chi connectivity index (χ0v) is 29.0. The molecule has 4 aromatic rings. The molecule has 0 radical (unpaired) electrons. The van der Waals surface area contributed by atoms with Gasteiger partial charge in [0.05, 0.1) is 44.0 Å². The van der Waals surface area contributed by atoms with Crippen LogP contribution in [-0.2, 0) is 4.79 Å². The van der Waals surface area contributed by atoms with Gasteiger partial charge in [-0.25, -0.2) is 8.78 Å². The van der Waals surface area contributed by atoms with Crippen molar-refractivity contribution in [3.8, 4) is 23.3 Å². The van der Waals surface area contributed by atoms with E-state index in [9.17, 15) is 18.8 Å². The van der Waals surface area contributed by atoms with Crippen molar-refractivity contribution in [3.63, 3.8) is 0 Å². The van der Waals surface area contributed by atoms with Crippen LogP contribution in [0.5, 0.6) is 6.01 Å². The van der Waals surface area contributed by atoms with Crippen LogP contribution in [0.1, 0.15) is 51.5 Å². The third kappa shape index (κ3) is 5.45. The lowest BCUT2D eigenvalue weighted by Crippen LogP contribution is -2.47. The SMILES string of the molecule is C=CC(=O)N1CCC(N(CC)c2nc(OC[C@@]34CCCN3C[C@H](F)C4)nc3c(Cl)c(-c4ccc(F)c5sc(N)c(C#N)c45)ncc23)C1CC. The first-order valence-corrected chi connectivity index (χ1v) is 17.8.